The van der Waals surface area contributed by atoms with E-state index >= 15 is 0 Å². The Morgan fingerprint density at radius 3 is 2.73 bits per heavy atom. The number of hydrogen-bond acceptors (Lipinski definition) is 3. The van der Waals surface area contributed by atoms with Gasteiger partial charge < -0.3 is 9.64 Å². The molecule has 0 fully saturated rings. The Morgan fingerprint density at radius 1 is 1.23 bits per heavy atom. The van der Waals surface area contributed by atoms with E-state index < -0.39 is 0 Å². The van der Waals surface area contributed by atoms with E-state index in [0.717, 1.165) is 11.3 Å². The largest absolute Gasteiger partial charge is 0.497 e. The van der Waals surface area contributed by atoms with Crippen LogP contribution < -0.4 is 4.74 Å². The quantitative estimate of drug-likeness (QED) is 0.762. The molecule has 3 nitrogen and oxygen atoms in total. The lowest BCUT2D eigenvalue weighted by Gasteiger charge is -2.17. The van der Waals surface area contributed by atoms with Gasteiger partial charge in [-0.3, -0.25) is 4.79 Å². The lowest BCUT2D eigenvalue weighted by atomic mass is 10.2. The number of amides is 1. The second kappa shape index (κ2) is 7.84. The highest BCUT2D eigenvalue weighted by atomic mass is 32.2. The lowest BCUT2D eigenvalue weighted by molar-refractivity contribution is -0.127. The number of rotatable bonds is 6. The number of methoxy groups -OCH3 is 1. The summed E-state index contributed by atoms with van der Waals surface area (Å²) in [5.74, 6) is 0.632. The maximum Gasteiger partial charge on any atom is 0.232 e. The summed E-state index contributed by atoms with van der Waals surface area (Å²) in [6.45, 7) is 0.494. The number of hydrogen-bond donors (Lipinski definition) is 0. The molecular weight excluding hydrogens is 301 g/mol. The van der Waals surface area contributed by atoms with Crippen molar-refractivity contribution in [1.29, 1.82) is 0 Å². The molecule has 0 aliphatic carbocycles. The molecule has 22 heavy (non-hydrogen) atoms. The molecule has 2 aromatic rings. The molecule has 0 bridgehead atoms. The van der Waals surface area contributed by atoms with Gasteiger partial charge in [0.15, 0.2) is 0 Å². The van der Waals surface area contributed by atoms with Crippen LogP contribution in [0.1, 0.15) is 5.56 Å². The number of carbonyl (C=O) groups is 1. The topological polar surface area (TPSA) is 29.5 Å². The molecular formula is C17H18FNO2S. The van der Waals surface area contributed by atoms with E-state index in [1.807, 2.05) is 24.3 Å². The molecule has 0 aliphatic heterocycles. The van der Waals surface area contributed by atoms with Gasteiger partial charge in [0.25, 0.3) is 0 Å². The minimum Gasteiger partial charge on any atom is -0.497 e. The first kappa shape index (κ1) is 16.4. The Labute approximate surface area is 134 Å². The third-order valence-electron chi connectivity index (χ3n) is 3.17. The zero-order valence-corrected chi connectivity index (χ0v) is 13.4. The summed E-state index contributed by atoms with van der Waals surface area (Å²) in [5, 5.41) is 0. The Hall–Kier alpha value is -2.01. The first-order chi connectivity index (χ1) is 10.6. The summed E-state index contributed by atoms with van der Waals surface area (Å²) >= 11 is 1.21. The minimum absolute atomic E-state index is 0.0453. The molecule has 2 rings (SSSR count). The van der Waals surface area contributed by atoms with Gasteiger partial charge in [0.2, 0.25) is 5.91 Å². The molecule has 0 spiro atoms. The number of nitrogens with zero attached hydrogens (tertiary/aromatic N) is 1. The van der Waals surface area contributed by atoms with Gasteiger partial charge in [-0.1, -0.05) is 24.3 Å². The van der Waals surface area contributed by atoms with Crippen LogP contribution in [-0.4, -0.2) is 30.7 Å². The number of ether oxygens (including phenoxy) is 1. The fourth-order valence-electron chi connectivity index (χ4n) is 1.94. The molecule has 0 heterocycles. The van der Waals surface area contributed by atoms with Gasteiger partial charge >= 0.3 is 0 Å². The monoisotopic (exact) mass is 319 g/mol. The summed E-state index contributed by atoms with van der Waals surface area (Å²) in [7, 11) is 3.35. The Bertz CT molecular complexity index is 648. The normalized spacial score (nSPS) is 10.3. The highest BCUT2D eigenvalue weighted by molar-refractivity contribution is 8.00. The molecule has 1 amide bonds. The molecule has 0 N–H and O–H groups in total. The van der Waals surface area contributed by atoms with E-state index in [-0.39, 0.29) is 17.5 Å². The molecule has 5 heteroatoms. The second-order valence-electron chi connectivity index (χ2n) is 4.82. The van der Waals surface area contributed by atoms with Crippen LogP contribution in [0.25, 0.3) is 0 Å². The Kier molecular flexibility index (Phi) is 5.83. The van der Waals surface area contributed by atoms with Gasteiger partial charge in [0.05, 0.1) is 12.9 Å². The SMILES string of the molecule is COc1cccc(CN(C)C(=O)CSc2ccccc2F)c1. The zero-order valence-electron chi connectivity index (χ0n) is 12.6. The highest BCUT2D eigenvalue weighted by Crippen LogP contribution is 2.21. The number of benzene rings is 2. The predicted molar refractivity (Wildman–Crippen MR) is 86.6 cm³/mol. The molecule has 0 radical (unpaired) electrons. The van der Waals surface area contributed by atoms with Crippen LogP contribution in [0.2, 0.25) is 0 Å². The van der Waals surface area contributed by atoms with Crippen LogP contribution >= 0.6 is 11.8 Å². The van der Waals surface area contributed by atoms with Gasteiger partial charge in [-0.25, -0.2) is 4.39 Å². The van der Waals surface area contributed by atoms with Crippen molar-refractivity contribution < 1.29 is 13.9 Å². The molecule has 0 saturated heterocycles. The summed E-state index contributed by atoms with van der Waals surface area (Å²) < 4.78 is 18.7. The van der Waals surface area contributed by atoms with E-state index in [2.05, 4.69) is 0 Å². The van der Waals surface area contributed by atoms with Crippen molar-refractivity contribution >= 4 is 17.7 Å². The zero-order chi connectivity index (χ0) is 15.9. The first-order valence-corrected chi connectivity index (χ1v) is 7.83. The van der Waals surface area contributed by atoms with Gasteiger partial charge in [0.1, 0.15) is 11.6 Å². The maximum absolute atomic E-state index is 13.5. The number of carbonyl (C=O) groups excluding carboxylic acids is 1. The average Bonchev–Trinajstić information content (AvgIpc) is 2.54. The van der Waals surface area contributed by atoms with Crippen molar-refractivity contribution in [3.63, 3.8) is 0 Å². The third kappa shape index (κ3) is 4.49. The third-order valence-corrected chi connectivity index (χ3v) is 4.20. The highest BCUT2D eigenvalue weighted by Gasteiger charge is 2.11. The van der Waals surface area contributed by atoms with Crippen molar-refractivity contribution in [2.45, 2.75) is 11.4 Å². The standard InChI is InChI=1S/C17H18FNO2S/c1-19(11-13-6-5-7-14(10-13)21-2)17(20)12-22-16-9-4-3-8-15(16)18/h3-10H,11-12H2,1-2H3. The fraction of sp³-hybridized carbons (Fsp3) is 0.235. The van der Waals surface area contributed by atoms with Crippen LogP contribution in [-0.2, 0) is 11.3 Å². The van der Waals surface area contributed by atoms with Crippen LogP contribution in [0.3, 0.4) is 0 Å². The summed E-state index contributed by atoms with van der Waals surface area (Å²) in [5.41, 5.74) is 0.992. The molecule has 2 aromatic carbocycles. The van der Waals surface area contributed by atoms with Gasteiger partial charge in [-0.15, -0.1) is 11.8 Å². The van der Waals surface area contributed by atoms with E-state index in [0.29, 0.717) is 11.4 Å². The van der Waals surface area contributed by atoms with Crippen LogP contribution in [0, 0.1) is 5.82 Å². The van der Waals surface area contributed by atoms with E-state index in [1.54, 1.807) is 37.3 Å². The lowest BCUT2D eigenvalue weighted by Crippen LogP contribution is -2.27. The second-order valence-corrected chi connectivity index (χ2v) is 5.84. The summed E-state index contributed by atoms with van der Waals surface area (Å²) in [4.78, 5) is 14.3. The molecule has 0 aliphatic rings. The Morgan fingerprint density at radius 2 is 2.00 bits per heavy atom. The number of halogens is 1. The fourth-order valence-corrected chi connectivity index (χ4v) is 2.82. The predicted octanol–water partition coefficient (Wildman–Crippen LogP) is 3.59. The van der Waals surface area contributed by atoms with Gasteiger partial charge in [0, 0.05) is 18.5 Å². The molecule has 0 saturated carbocycles. The first-order valence-electron chi connectivity index (χ1n) is 6.84. The van der Waals surface area contributed by atoms with Crippen LogP contribution in [0.5, 0.6) is 5.75 Å². The Balaban J connectivity index is 1.90. The molecule has 0 unspecified atom stereocenters. The van der Waals surface area contributed by atoms with Crippen LogP contribution in [0.4, 0.5) is 4.39 Å². The smallest absolute Gasteiger partial charge is 0.232 e. The van der Waals surface area contributed by atoms with Crippen molar-refractivity contribution in [3.8, 4) is 5.75 Å². The van der Waals surface area contributed by atoms with Crippen molar-refractivity contribution in [3.05, 3.63) is 59.9 Å². The number of thioether (sulfide) groups is 1. The average molecular weight is 319 g/mol. The van der Waals surface area contributed by atoms with Crippen molar-refractivity contribution in [1.82, 2.24) is 4.90 Å². The van der Waals surface area contributed by atoms with E-state index in [1.165, 1.54) is 17.8 Å². The van der Waals surface area contributed by atoms with Crippen molar-refractivity contribution in [2.75, 3.05) is 19.9 Å². The summed E-state index contributed by atoms with van der Waals surface area (Å²) in [6.07, 6.45) is 0. The molecule has 116 valence electrons. The van der Waals surface area contributed by atoms with Crippen molar-refractivity contribution in [2.24, 2.45) is 0 Å². The van der Waals surface area contributed by atoms with Crippen LogP contribution in [0.15, 0.2) is 53.4 Å². The van der Waals surface area contributed by atoms with E-state index in [4.69, 9.17) is 4.74 Å². The van der Waals surface area contributed by atoms with Gasteiger partial charge in [-0.05, 0) is 29.8 Å². The maximum atomic E-state index is 13.5. The minimum atomic E-state index is -0.296. The molecule has 0 aromatic heterocycles. The summed E-state index contributed by atoms with van der Waals surface area (Å²) in [6, 6.07) is 14.1. The van der Waals surface area contributed by atoms with E-state index in [9.17, 15) is 9.18 Å². The molecule has 0 atom stereocenters. The van der Waals surface area contributed by atoms with Gasteiger partial charge in [-0.2, -0.15) is 0 Å².